The quantitative estimate of drug-likeness (QED) is 0.404. The van der Waals surface area contributed by atoms with Crippen molar-refractivity contribution >= 4 is 21.0 Å². The Hall–Kier alpha value is -3.37. The number of benzene rings is 2. The number of hydrogen-bond donors (Lipinski definition) is 1. The van der Waals surface area contributed by atoms with Gasteiger partial charge in [0.05, 0.1) is 17.0 Å². The Morgan fingerprint density at radius 1 is 0.909 bits per heavy atom. The third-order valence-corrected chi connectivity index (χ3v) is 6.40. The van der Waals surface area contributed by atoms with Crippen molar-refractivity contribution in [1.29, 1.82) is 0 Å². The van der Waals surface area contributed by atoms with Crippen molar-refractivity contribution in [1.82, 2.24) is 4.72 Å². The summed E-state index contributed by atoms with van der Waals surface area (Å²) in [7, 11) is -3.77. The molecule has 1 N–H and O–H groups in total. The summed E-state index contributed by atoms with van der Waals surface area (Å²) in [6.45, 7) is 1.76. The zero-order valence-electron chi connectivity index (χ0n) is 17.3. The van der Waals surface area contributed by atoms with Gasteiger partial charge in [0.15, 0.2) is 0 Å². The van der Waals surface area contributed by atoms with E-state index in [-0.39, 0.29) is 28.8 Å². The lowest BCUT2D eigenvalue weighted by Gasteiger charge is -2.11. The van der Waals surface area contributed by atoms with Gasteiger partial charge in [0.1, 0.15) is 17.1 Å². The number of hydrogen-bond acceptors (Lipinski definition) is 5. The highest BCUT2D eigenvalue weighted by atomic mass is 32.2. The summed E-state index contributed by atoms with van der Waals surface area (Å²) in [5, 5.41) is -0.212. The van der Waals surface area contributed by atoms with Crippen LogP contribution in [-0.4, -0.2) is 8.42 Å². The van der Waals surface area contributed by atoms with E-state index >= 15 is 0 Å². The lowest BCUT2D eigenvalue weighted by atomic mass is 10.0. The van der Waals surface area contributed by atoms with E-state index in [1.807, 2.05) is 0 Å². The van der Waals surface area contributed by atoms with Gasteiger partial charge in [0, 0.05) is 11.5 Å². The minimum Gasteiger partial charge on any atom is -0.465 e. The van der Waals surface area contributed by atoms with Crippen molar-refractivity contribution in [2.24, 2.45) is 0 Å². The monoisotopic (exact) mass is 477 g/mol. The molecule has 0 amide bonds. The second-order valence-corrected chi connectivity index (χ2v) is 9.23. The summed E-state index contributed by atoms with van der Waals surface area (Å²) in [6, 6.07) is 14.1. The van der Waals surface area contributed by atoms with Crippen molar-refractivity contribution in [3.05, 3.63) is 99.3 Å². The number of furan rings is 1. The predicted molar refractivity (Wildman–Crippen MR) is 114 cm³/mol. The lowest BCUT2D eigenvalue weighted by molar-refractivity contribution is -0.136. The maximum Gasteiger partial charge on any atom is 0.417 e. The van der Waals surface area contributed by atoms with Crippen molar-refractivity contribution in [3.8, 4) is 0 Å². The molecular formula is C23H18F3NO5S. The van der Waals surface area contributed by atoms with Crippen LogP contribution in [0.4, 0.5) is 13.2 Å². The Morgan fingerprint density at radius 3 is 2.24 bits per heavy atom. The Bertz CT molecular complexity index is 1470. The molecule has 4 rings (SSSR count). The van der Waals surface area contributed by atoms with E-state index in [2.05, 4.69) is 4.72 Å². The number of nitrogens with one attached hydrogen (secondary N) is 1. The predicted octanol–water partition coefficient (Wildman–Crippen LogP) is 4.78. The summed E-state index contributed by atoms with van der Waals surface area (Å²) in [4.78, 5) is 11.5. The lowest BCUT2D eigenvalue weighted by Crippen LogP contribution is -2.23. The van der Waals surface area contributed by atoms with Crippen molar-refractivity contribution < 1.29 is 30.4 Å². The molecule has 0 atom stereocenters. The van der Waals surface area contributed by atoms with E-state index in [0.717, 1.165) is 0 Å². The molecule has 6 nitrogen and oxygen atoms in total. The first-order chi connectivity index (χ1) is 15.5. The van der Waals surface area contributed by atoms with Crippen LogP contribution >= 0.6 is 0 Å². The van der Waals surface area contributed by atoms with E-state index in [0.29, 0.717) is 28.7 Å². The van der Waals surface area contributed by atoms with Gasteiger partial charge >= 0.3 is 11.8 Å². The van der Waals surface area contributed by atoms with Gasteiger partial charge in [0.2, 0.25) is 10.0 Å². The number of fused-ring (bicyclic) bond motifs is 1. The molecule has 0 aliphatic rings. The van der Waals surface area contributed by atoms with Crippen molar-refractivity contribution in [3.63, 3.8) is 0 Å². The first kappa shape index (κ1) is 22.8. The second kappa shape index (κ2) is 8.53. The van der Waals surface area contributed by atoms with Crippen LogP contribution in [0.15, 0.2) is 79.2 Å². The third-order valence-electron chi connectivity index (χ3n) is 4.99. The highest BCUT2D eigenvalue weighted by molar-refractivity contribution is 7.89. The summed E-state index contributed by atoms with van der Waals surface area (Å²) >= 11 is 0. The highest BCUT2D eigenvalue weighted by Gasteiger charge is 2.33. The molecule has 0 saturated carbocycles. The zero-order chi connectivity index (χ0) is 23.8. The van der Waals surface area contributed by atoms with Crippen LogP contribution in [0.2, 0.25) is 0 Å². The molecule has 0 radical (unpaired) electrons. The Labute approximate surface area is 186 Å². The van der Waals surface area contributed by atoms with E-state index in [4.69, 9.17) is 8.83 Å². The van der Waals surface area contributed by atoms with Crippen LogP contribution in [0, 0.1) is 6.92 Å². The van der Waals surface area contributed by atoms with E-state index < -0.39 is 27.4 Å². The third kappa shape index (κ3) is 5.18. The first-order valence-electron chi connectivity index (χ1n) is 9.79. The molecule has 33 heavy (non-hydrogen) atoms. The molecule has 0 spiro atoms. The van der Waals surface area contributed by atoms with Crippen LogP contribution in [-0.2, 0) is 29.2 Å². The minimum atomic E-state index is -4.70. The Morgan fingerprint density at radius 2 is 1.61 bits per heavy atom. The molecule has 4 aromatic rings. The number of rotatable bonds is 6. The molecule has 2 heterocycles. The number of halogens is 3. The molecule has 10 heteroatoms. The number of alkyl halides is 3. The normalized spacial score (nSPS) is 12.4. The molecule has 172 valence electrons. The van der Waals surface area contributed by atoms with Crippen LogP contribution in [0.3, 0.4) is 0 Å². The van der Waals surface area contributed by atoms with Gasteiger partial charge in [0.25, 0.3) is 0 Å². The molecule has 0 fully saturated rings. The van der Waals surface area contributed by atoms with Gasteiger partial charge in [-0.25, -0.2) is 17.9 Å². The standard InChI is InChI=1S/C23H18F3NO5S/c1-14-2-6-17(31-14)13-27-33(29,30)18-7-3-15(4-8-18)10-16-5-9-21-19(11-16)20(23(24,25)26)12-22(28)32-21/h2-9,11-12,27H,10,13H2,1H3. The topological polar surface area (TPSA) is 89.5 Å². The van der Waals surface area contributed by atoms with E-state index in [9.17, 15) is 26.4 Å². The van der Waals surface area contributed by atoms with Crippen LogP contribution in [0.25, 0.3) is 11.0 Å². The maximum absolute atomic E-state index is 13.3. The molecule has 0 saturated heterocycles. The molecule has 0 aliphatic carbocycles. The fourth-order valence-corrected chi connectivity index (χ4v) is 4.40. The smallest absolute Gasteiger partial charge is 0.417 e. The van der Waals surface area contributed by atoms with Gasteiger partial charge in [-0.1, -0.05) is 18.2 Å². The summed E-state index contributed by atoms with van der Waals surface area (Å²) < 4.78 is 77.7. The zero-order valence-corrected chi connectivity index (χ0v) is 18.1. The Kier molecular flexibility index (Phi) is 5.89. The minimum absolute atomic E-state index is 0.00663. The summed E-state index contributed by atoms with van der Waals surface area (Å²) in [5.74, 6) is 1.16. The van der Waals surface area contributed by atoms with Crippen LogP contribution in [0.5, 0.6) is 0 Å². The van der Waals surface area contributed by atoms with Crippen molar-refractivity contribution in [2.45, 2.75) is 31.0 Å². The fourth-order valence-electron chi connectivity index (χ4n) is 3.41. The first-order valence-corrected chi connectivity index (χ1v) is 11.3. The SMILES string of the molecule is Cc1ccc(CNS(=O)(=O)c2ccc(Cc3ccc4oc(=O)cc(C(F)(F)F)c4c3)cc2)o1. The molecule has 0 aliphatic heterocycles. The van der Waals surface area contributed by atoms with Gasteiger partial charge in [-0.15, -0.1) is 0 Å². The van der Waals surface area contributed by atoms with E-state index in [1.54, 1.807) is 37.3 Å². The average Bonchev–Trinajstić information content (AvgIpc) is 3.17. The molecule has 0 unspecified atom stereocenters. The Balaban J connectivity index is 1.54. The average molecular weight is 477 g/mol. The van der Waals surface area contributed by atoms with E-state index in [1.165, 1.54) is 24.3 Å². The maximum atomic E-state index is 13.3. The number of sulfonamides is 1. The molecular weight excluding hydrogens is 459 g/mol. The molecule has 0 bridgehead atoms. The van der Waals surface area contributed by atoms with Gasteiger partial charge in [-0.3, -0.25) is 0 Å². The van der Waals surface area contributed by atoms with Crippen LogP contribution in [0.1, 0.15) is 28.2 Å². The summed E-state index contributed by atoms with van der Waals surface area (Å²) in [6.07, 6.45) is -4.45. The van der Waals surface area contributed by atoms with Gasteiger partial charge in [-0.05, 0) is 60.9 Å². The number of aryl methyl sites for hydroxylation is 1. The van der Waals surface area contributed by atoms with Gasteiger partial charge < -0.3 is 8.83 Å². The van der Waals surface area contributed by atoms with Gasteiger partial charge in [-0.2, -0.15) is 13.2 Å². The molecule has 2 aromatic heterocycles. The summed E-state index contributed by atoms with van der Waals surface area (Å²) in [5.41, 5.74) is -1.05. The molecule has 2 aromatic carbocycles. The highest BCUT2D eigenvalue weighted by Crippen LogP contribution is 2.34. The largest absolute Gasteiger partial charge is 0.465 e. The van der Waals surface area contributed by atoms with Crippen LogP contribution < -0.4 is 10.3 Å². The second-order valence-electron chi connectivity index (χ2n) is 7.47. The fraction of sp³-hybridized carbons (Fsp3) is 0.174. The van der Waals surface area contributed by atoms with Crippen molar-refractivity contribution in [2.75, 3.05) is 0 Å².